The maximum absolute atomic E-state index is 5.67. The molecule has 6 rings (SSSR count). The summed E-state index contributed by atoms with van der Waals surface area (Å²) >= 11 is 24.6. The van der Waals surface area contributed by atoms with E-state index in [-0.39, 0.29) is 0 Å². The molecule has 0 bridgehead atoms. The average molecular weight is 695 g/mol. The van der Waals surface area contributed by atoms with Crippen molar-refractivity contribution in [1.82, 2.24) is 4.57 Å². The minimum absolute atomic E-state index is 0.731. The van der Waals surface area contributed by atoms with Gasteiger partial charge in [-0.2, -0.15) is 0 Å². The van der Waals surface area contributed by atoms with Crippen LogP contribution in [0.5, 0.6) is 0 Å². The number of allylic oxidation sites excluding steroid dienone is 4. The molecule has 0 radical (unpaired) electrons. The van der Waals surface area contributed by atoms with E-state index in [2.05, 4.69) is 73.7 Å². The molecule has 1 aromatic heterocycles. The zero-order chi connectivity index (χ0) is 31.6. The summed E-state index contributed by atoms with van der Waals surface area (Å²) in [5, 5.41) is 0.838. The molecule has 1 aliphatic heterocycles. The standard InChI is InChI=1S/C24H18N2S6.C13H12/c1-16(12-14-19-21(27)25(23(29)31-19)17-8-4-2-5-9-17)13-15-20-22(28)26(24(30)32-20)18-10-6-3-7-11-18;1-3-7-12(8-4-1)11-13-9-5-2-6-10-13/h2-15,27H,1H3;1-10H,11H2/b14-12+,16-13+,20-15-;. The molecule has 224 valence electrons. The van der Waals surface area contributed by atoms with Crippen LogP contribution in [0.1, 0.15) is 22.9 Å². The lowest BCUT2D eigenvalue weighted by Crippen LogP contribution is -2.25. The van der Waals surface area contributed by atoms with Crippen LogP contribution < -0.4 is 4.90 Å². The Bertz CT molecular complexity index is 1870. The van der Waals surface area contributed by atoms with Gasteiger partial charge in [-0.3, -0.25) is 9.47 Å². The second kappa shape index (κ2) is 16.3. The number of thiol groups is 1. The Morgan fingerprint density at radius 2 is 1.24 bits per heavy atom. The third-order valence-corrected chi connectivity index (χ3v) is 10.5. The van der Waals surface area contributed by atoms with Gasteiger partial charge in [-0.05, 0) is 73.1 Å². The lowest BCUT2D eigenvalue weighted by molar-refractivity contribution is 0.946. The smallest absolute Gasteiger partial charge is 0.167 e. The number of rotatable bonds is 7. The van der Waals surface area contributed by atoms with Gasteiger partial charge in [-0.25, -0.2) is 0 Å². The van der Waals surface area contributed by atoms with Crippen LogP contribution in [0.25, 0.3) is 11.8 Å². The number of hydrogen-bond acceptors (Lipinski definition) is 6. The number of benzene rings is 4. The van der Waals surface area contributed by atoms with Crippen LogP contribution in [0.4, 0.5) is 5.69 Å². The molecule has 5 aromatic rings. The van der Waals surface area contributed by atoms with Crippen molar-refractivity contribution in [1.29, 1.82) is 0 Å². The first-order chi connectivity index (χ1) is 21.9. The van der Waals surface area contributed by atoms with Crippen LogP contribution in [-0.2, 0) is 6.42 Å². The Morgan fingerprint density at radius 1 is 0.733 bits per heavy atom. The van der Waals surface area contributed by atoms with Crippen LogP contribution in [0.15, 0.2) is 155 Å². The predicted molar refractivity (Wildman–Crippen MR) is 210 cm³/mol. The zero-order valence-electron chi connectivity index (χ0n) is 24.4. The molecule has 45 heavy (non-hydrogen) atoms. The van der Waals surface area contributed by atoms with Gasteiger partial charge in [0, 0.05) is 16.3 Å². The molecule has 0 saturated carbocycles. The Balaban J connectivity index is 0.000000256. The van der Waals surface area contributed by atoms with Gasteiger partial charge in [0.2, 0.25) is 0 Å². The Labute approximate surface area is 294 Å². The molecule has 0 aliphatic carbocycles. The minimum atomic E-state index is 0.731. The van der Waals surface area contributed by atoms with E-state index in [9.17, 15) is 0 Å². The van der Waals surface area contributed by atoms with Crippen LogP contribution in [0.3, 0.4) is 0 Å². The normalized spacial score (nSPS) is 14.2. The summed E-state index contributed by atoms with van der Waals surface area (Å²) in [5.41, 5.74) is 5.83. The highest BCUT2D eigenvalue weighted by molar-refractivity contribution is 8.28. The molecule has 4 aromatic carbocycles. The van der Waals surface area contributed by atoms with E-state index in [1.807, 2.05) is 88.4 Å². The molecular formula is C37H30N2S6. The summed E-state index contributed by atoms with van der Waals surface area (Å²) in [7, 11) is 0. The summed E-state index contributed by atoms with van der Waals surface area (Å²) < 4.78 is 3.50. The maximum atomic E-state index is 5.67. The van der Waals surface area contributed by atoms with E-state index in [0.29, 0.717) is 0 Å². The lowest BCUT2D eigenvalue weighted by Gasteiger charge is -2.16. The number of thiazole rings is 1. The molecule has 1 aliphatic rings. The first-order valence-electron chi connectivity index (χ1n) is 14.2. The molecule has 0 spiro atoms. The van der Waals surface area contributed by atoms with E-state index in [1.165, 1.54) is 22.9 Å². The lowest BCUT2D eigenvalue weighted by atomic mass is 10.1. The van der Waals surface area contributed by atoms with Crippen molar-refractivity contribution < 1.29 is 0 Å². The summed E-state index contributed by atoms with van der Waals surface area (Å²) in [6.07, 6.45) is 9.21. The number of nitrogens with zero attached hydrogens (tertiary/aromatic N) is 2. The fourth-order valence-corrected chi connectivity index (χ4v) is 8.06. The third-order valence-electron chi connectivity index (χ3n) is 6.72. The highest BCUT2D eigenvalue weighted by Gasteiger charge is 2.29. The third kappa shape index (κ3) is 8.88. The summed E-state index contributed by atoms with van der Waals surface area (Å²) in [6, 6.07) is 41.1. The number of para-hydroxylation sites is 2. The topological polar surface area (TPSA) is 8.17 Å². The molecule has 1 fully saturated rings. The van der Waals surface area contributed by atoms with Gasteiger partial charge in [0.25, 0.3) is 0 Å². The van der Waals surface area contributed by atoms with Crippen LogP contribution in [0, 0.1) is 3.95 Å². The molecule has 0 unspecified atom stereocenters. The first kappa shape index (κ1) is 33.0. The van der Waals surface area contributed by atoms with Crippen LogP contribution in [-0.4, -0.2) is 13.9 Å². The van der Waals surface area contributed by atoms with Crippen molar-refractivity contribution in [2.75, 3.05) is 4.90 Å². The highest BCUT2D eigenvalue weighted by atomic mass is 32.2. The van der Waals surface area contributed by atoms with Gasteiger partial charge >= 0.3 is 0 Å². The van der Waals surface area contributed by atoms with Crippen LogP contribution >= 0.6 is 72.4 Å². The monoisotopic (exact) mass is 694 g/mol. The summed E-state index contributed by atoms with van der Waals surface area (Å²) in [5.74, 6) is 0. The minimum Gasteiger partial charge on any atom is -0.286 e. The molecule has 0 amide bonds. The van der Waals surface area contributed by atoms with Crippen molar-refractivity contribution in [3.05, 3.63) is 170 Å². The fraction of sp³-hybridized carbons (Fsp3) is 0.0541. The fourth-order valence-electron chi connectivity index (χ4n) is 4.47. The Morgan fingerprint density at radius 3 is 1.80 bits per heavy atom. The van der Waals surface area contributed by atoms with E-state index >= 15 is 0 Å². The Kier molecular flexibility index (Phi) is 11.9. The number of hydrogen-bond donors (Lipinski definition) is 1. The van der Waals surface area contributed by atoms with E-state index in [0.717, 1.165) is 51.4 Å². The molecule has 2 heterocycles. The van der Waals surface area contributed by atoms with Gasteiger partial charge in [0.05, 0.1) is 9.90 Å². The van der Waals surface area contributed by atoms with Crippen LogP contribution in [0.2, 0.25) is 0 Å². The van der Waals surface area contributed by atoms with Crippen molar-refractivity contribution in [3.63, 3.8) is 0 Å². The van der Waals surface area contributed by atoms with E-state index in [1.54, 1.807) is 11.3 Å². The second-order valence-electron chi connectivity index (χ2n) is 9.99. The quantitative estimate of drug-likeness (QED) is 0.0783. The zero-order valence-corrected chi connectivity index (χ0v) is 29.4. The SMILES string of the molecule is CC(/C=C/c1sc(=S)n(-c2ccccc2)c1S)=C\C=C1/SC(=S)N(c2ccccc2)C1=S.c1ccc(Cc2ccccc2)cc1. The van der Waals surface area contributed by atoms with E-state index < -0.39 is 0 Å². The summed E-state index contributed by atoms with van der Waals surface area (Å²) in [6.45, 7) is 2.05. The summed E-state index contributed by atoms with van der Waals surface area (Å²) in [4.78, 5) is 4.66. The average Bonchev–Trinajstić information content (AvgIpc) is 3.52. The molecule has 1 saturated heterocycles. The molecule has 0 N–H and O–H groups in total. The maximum Gasteiger partial charge on any atom is 0.167 e. The number of anilines is 1. The number of thioether (sulfide) groups is 1. The molecule has 0 atom stereocenters. The number of thiocarbonyl (C=S) groups is 2. The van der Waals surface area contributed by atoms with Crippen molar-refractivity contribution in [2.24, 2.45) is 0 Å². The van der Waals surface area contributed by atoms with Gasteiger partial charge < -0.3 is 0 Å². The predicted octanol–water partition coefficient (Wildman–Crippen LogP) is 11.5. The highest BCUT2D eigenvalue weighted by Crippen LogP contribution is 2.36. The van der Waals surface area contributed by atoms with Gasteiger partial charge in [0.1, 0.15) is 4.99 Å². The van der Waals surface area contributed by atoms with E-state index in [4.69, 9.17) is 49.3 Å². The van der Waals surface area contributed by atoms with Gasteiger partial charge in [-0.1, -0.05) is 151 Å². The Hall–Kier alpha value is -3.37. The first-order valence-corrected chi connectivity index (χ1v) is 17.5. The molecular weight excluding hydrogens is 665 g/mol. The van der Waals surface area contributed by atoms with Gasteiger partial charge in [-0.15, -0.1) is 24.0 Å². The van der Waals surface area contributed by atoms with Crippen molar-refractivity contribution in [3.8, 4) is 5.69 Å². The van der Waals surface area contributed by atoms with Crippen molar-refractivity contribution in [2.45, 2.75) is 18.4 Å². The second-order valence-corrected chi connectivity index (χ2v) is 14.2. The largest absolute Gasteiger partial charge is 0.286 e. The number of aromatic nitrogens is 1. The van der Waals surface area contributed by atoms with Gasteiger partial charge in [0.15, 0.2) is 8.27 Å². The molecule has 2 nitrogen and oxygen atoms in total. The van der Waals surface area contributed by atoms with Crippen molar-refractivity contribution >= 4 is 93.5 Å². The molecule has 8 heteroatoms.